The highest BCUT2D eigenvalue weighted by atomic mass is 32.2. The summed E-state index contributed by atoms with van der Waals surface area (Å²) < 4.78 is 24.4. The molecule has 0 aromatic carbocycles. The Bertz CT molecular complexity index is 424. The Morgan fingerprint density at radius 1 is 1.40 bits per heavy atom. The van der Waals surface area contributed by atoms with Crippen molar-refractivity contribution in [3.05, 3.63) is 5.69 Å². The highest BCUT2D eigenvalue weighted by Gasteiger charge is 2.11. The van der Waals surface area contributed by atoms with Crippen molar-refractivity contribution in [2.45, 2.75) is 26.8 Å². The maximum absolute atomic E-state index is 11.4. The number of nitrogen functional groups attached to an aromatic ring is 1. The van der Waals surface area contributed by atoms with Gasteiger partial charge >= 0.3 is 0 Å². The van der Waals surface area contributed by atoms with Gasteiger partial charge in [0, 0.05) is 5.75 Å². The van der Waals surface area contributed by atoms with Crippen LogP contribution in [0.25, 0.3) is 0 Å². The second kappa shape index (κ2) is 4.61. The average Bonchev–Trinajstić information content (AvgIpc) is 2.45. The van der Waals surface area contributed by atoms with Crippen LogP contribution >= 0.6 is 0 Å². The molecular weight excluding hydrogens is 216 g/mol. The maximum Gasteiger partial charge on any atom is 0.168 e. The topological polar surface area (TPSA) is 90.9 Å². The lowest BCUT2D eigenvalue weighted by atomic mass is 10.5. The molecule has 7 heteroatoms. The second-order valence-electron chi connectivity index (χ2n) is 3.44. The van der Waals surface area contributed by atoms with Crippen LogP contribution < -0.4 is 5.73 Å². The molecule has 0 saturated heterocycles. The standard InChI is InChI=1S/C8H16N4O2S/c1-3-5-15(13,14)6-4-12-7(2)8(9)10-11-12/h3-6,9H2,1-2H3. The van der Waals surface area contributed by atoms with E-state index in [1.165, 1.54) is 4.68 Å². The smallest absolute Gasteiger partial charge is 0.168 e. The first-order valence-corrected chi connectivity index (χ1v) is 6.64. The number of nitrogens with zero attached hydrogens (tertiary/aromatic N) is 3. The fourth-order valence-corrected chi connectivity index (χ4v) is 2.50. The van der Waals surface area contributed by atoms with Crippen LogP contribution in [0, 0.1) is 6.92 Å². The van der Waals surface area contributed by atoms with Crippen LogP contribution in [0.5, 0.6) is 0 Å². The molecule has 0 atom stereocenters. The van der Waals surface area contributed by atoms with E-state index in [0.29, 0.717) is 24.5 Å². The molecule has 1 aromatic heterocycles. The molecule has 0 fully saturated rings. The number of nitrogens with two attached hydrogens (primary N) is 1. The zero-order valence-corrected chi connectivity index (χ0v) is 9.79. The molecule has 0 bridgehead atoms. The van der Waals surface area contributed by atoms with E-state index in [0.717, 1.165) is 0 Å². The molecule has 0 aliphatic heterocycles. The van der Waals surface area contributed by atoms with Crippen LogP contribution in [0.2, 0.25) is 0 Å². The van der Waals surface area contributed by atoms with Gasteiger partial charge in [-0.3, -0.25) is 0 Å². The number of rotatable bonds is 5. The predicted octanol–water partition coefficient (Wildman–Crippen LogP) is -0.00648. The number of aromatic nitrogens is 3. The molecule has 1 heterocycles. The van der Waals surface area contributed by atoms with Gasteiger partial charge in [0.25, 0.3) is 0 Å². The summed E-state index contributed by atoms with van der Waals surface area (Å²) in [6.07, 6.45) is 0.640. The zero-order chi connectivity index (χ0) is 11.5. The van der Waals surface area contributed by atoms with Gasteiger partial charge in [-0.05, 0) is 13.3 Å². The molecule has 0 saturated carbocycles. The summed E-state index contributed by atoms with van der Waals surface area (Å²) in [6, 6.07) is 0. The summed E-state index contributed by atoms with van der Waals surface area (Å²) in [5.41, 5.74) is 6.20. The maximum atomic E-state index is 11.4. The third kappa shape index (κ3) is 3.19. The molecule has 15 heavy (non-hydrogen) atoms. The van der Waals surface area contributed by atoms with Crippen LogP contribution in [-0.2, 0) is 16.4 Å². The quantitative estimate of drug-likeness (QED) is 0.771. The van der Waals surface area contributed by atoms with Gasteiger partial charge in [-0.2, -0.15) is 0 Å². The molecule has 6 nitrogen and oxygen atoms in total. The normalized spacial score (nSPS) is 11.9. The first kappa shape index (κ1) is 12.0. The van der Waals surface area contributed by atoms with Crippen molar-refractivity contribution in [1.29, 1.82) is 0 Å². The van der Waals surface area contributed by atoms with Crippen molar-refractivity contribution in [3.63, 3.8) is 0 Å². The van der Waals surface area contributed by atoms with Crippen LogP contribution in [0.3, 0.4) is 0 Å². The van der Waals surface area contributed by atoms with E-state index in [1.807, 2.05) is 6.92 Å². The van der Waals surface area contributed by atoms with E-state index in [1.54, 1.807) is 6.92 Å². The fourth-order valence-electron chi connectivity index (χ4n) is 1.22. The SMILES string of the molecule is CCCS(=O)(=O)CCn1nnc(N)c1C. The lowest BCUT2D eigenvalue weighted by molar-refractivity contribution is 0.569. The summed E-state index contributed by atoms with van der Waals surface area (Å²) >= 11 is 0. The summed E-state index contributed by atoms with van der Waals surface area (Å²) in [5, 5.41) is 7.41. The molecular formula is C8H16N4O2S. The Balaban J connectivity index is 2.62. The Kier molecular flexibility index (Phi) is 3.67. The molecule has 0 amide bonds. The van der Waals surface area contributed by atoms with Crippen molar-refractivity contribution in [3.8, 4) is 0 Å². The number of hydrogen-bond donors (Lipinski definition) is 1. The van der Waals surface area contributed by atoms with E-state index in [2.05, 4.69) is 10.3 Å². The predicted molar refractivity (Wildman–Crippen MR) is 58.1 cm³/mol. The van der Waals surface area contributed by atoms with Gasteiger partial charge in [-0.15, -0.1) is 5.10 Å². The molecule has 0 aliphatic rings. The summed E-state index contributed by atoms with van der Waals surface area (Å²) in [6.45, 7) is 3.93. The van der Waals surface area contributed by atoms with Crippen molar-refractivity contribution in [2.75, 3.05) is 17.2 Å². The molecule has 2 N–H and O–H groups in total. The van der Waals surface area contributed by atoms with Crippen molar-refractivity contribution in [2.24, 2.45) is 0 Å². The molecule has 86 valence electrons. The van der Waals surface area contributed by atoms with Crippen LogP contribution in [-0.4, -0.2) is 34.9 Å². The van der Waals surface area contributed by atoms with Gasteiger partial charge in [-0.1, -0.05) is 12.1 Å². The third-order valence-electron chi connectivity index (χ3n) is 2.15. The second-order valence-corrected chi connectivity index (χ2v) is 5.74. The summed E-state index contributed by atoms with van der Waals surface area (Å²) in [4.78, 5) is 0. The Hall–Kier alpha value is -1.11. The third-order valence-corrected chi connectivity index (χ3v) is 3.98. The van der Waals surface area contributed by atoms with E-state index in [4.69, 9.17) is 5.73 Å². The van der Waals surface area contributed by atoms with Gasteiger partial charge in [0.05, 0.1) is 18.0 Å². The van der Waals surface area contributed by atoms with Gasteiger partial charge in [-0.25, -0.2) is 13.1 Å². The lowest BCUT2D eigenvalue weighted by Crippen LogP contribution is -2.17. The van der Waals surface area contributed by atoms with Crippen LogP contribution in [0.15, 0.2) is 0 Å². The minimum Gasteiger partial charge on any atom is -0.381 e. The van der Waals surface area contributed by atoms with Crippen LogP contribution in [0.4, 0.5) is 5.82 Å². The number of aryl methyl sites for hydroxylation is 1. The van der Waals surface area contributed by atoms with Crippen molar-refractivity contribution >= 4 is 15.7 Å². The summed E-state index contributed by atoms with van der Waals surface area (Å²) in [5.74, 6) is 0.656. The highest BCUT2D eigenvalue weighted by Crippen LogP contribution is 2.05. The van der Waals surface area contributed by atoms with E-state index in [-0.39, 0.29) is 11.5 Å². The largest absolute Gasteiger partial charge is 0.381 e. The fraction of sp³-hybridized carbons (Fsp3) is 0.750. The van der Waals surface area contributed by atoms with E-state index in [9.17, 15) is 8.42 Å². The molecule has 0 spiro atoms. The zero-order valence-electron chi connectivity index (χ0n) is 8.97. The van der Waals surface area contributed by atoms with Crippen LogP contribution in [0.1, 0.15) is 19.0 Å². The van der Waals surface area contributed by atoms with E-state index < -0.39 is 9.84 Å². The Morgan fingerprint density at radius 3 is 2.53 bits per heavy atom. The van der Waals surface area contributed by atoms with Gasteiger partial charge in [0.1, 0.15) is 0 Å². The highest BCUT2D eigenvalue weighted by molar-refractivity contribution is 7.91. The first-order valence-electron chi connectivity index (χ1n) is 4.82. The monoisotopic (exact) mass is 232 g/mol. The molecule has 1 rings (SSSR count). The minimum atomic E-state index is -2.97. The van der Waals surface area contributed by atoms with Crippen molar-refractivity contribution in [1.82, 2.24) is 15.0 Å². The van der Waals surface area contributed by atoms with Gasteiger partial charge < -0.3 is 5.73 Å². The number of sulfone groups is 1. The molecule has 1 aromatic rings. The molecule has 0 radical (unpaired) electrons. The Labute approximate surface area is 89.4 Å². The Morgan fingerprint density at radius 2 is 2.07 bits per heavy atom. The number of anilines is 1. The lowest BCUT2D eigenvalue weighted by Gasteiger charge is -2.03. The van der Waals surface area contributed by atoms with Gasteiger partial charge in [0.2, 0.25) is 0 Å². The summed E-state index contributed by atoms with van der Waals surface area (Å²) in [7, 11) is -2.97. The van der Waals surface area contributed by atoms with E-state index >= 15 is 0 Å². The average molecular weight is 232 g/mol. The number of hydrogen-bond acceptors (Lipinski definition) is 5. The van der Waals surface area contributed by atoms with Crippen molar-refractivity contribution < 1.29 is 8.42 Å². The molecule has 0 unspecified atom stereocenters. The minimum absolute atomic E-state index is 0.0878. The van der Waals surface area contributed by atoms with Gasteiger partial charge in [0.15, 0.2) is 15.7 Å². The first-order chi connectivity index (χ1) is 6.96. The molecule has 0 aliphatic carbocycles.